The molecule has 0 N–H and O–H groups in total. The molecule has 0 aromatic carbocycles. The number of aromatic nitrogens is 2. The molecule has 0 fully saturated rings. The summed E-state index contributed by atoms with van der Waals surface area (Å²) in [6.45, 7) is 4.18. The van der Waals surface area contributed by atoms with Gasteiger partial charge < -0.3 is 8.96 Å². The molecule has 2 rings (SSSR count). The van der Waals surface area contributed by atoms with E-state index in [2.05, 4.69) is 47.3 Å². The number of pyridine rings is 2. The van der Waals surface area contributed by atoms with Crippen LogP contribution >= 0.6 is 0 Å². The van der Waals surface area contributed by atoms with E-state index in [0.29, 0.717) is 0 Å². The normalized spacial score (nSPS) is 10.3. The van der Waals surface area contributed by atoms with Crippen LogP contribution in [0.3, 0.4) is 0 Å². The van der Waals surface area contributed by atoms with Crippen molar-refractivity contribution in [1.82, 2.24) is 0 Å². The lowest BCUT2D eigenvalue weighted by Gasteiger charge is -2.04. The minimum Gasteiger partial charge on any atom is -0.403 e. The van der Waals surface area contributed by atoms with Crippen LogP contribution in [0.2, 0.25) is 0 Å². The molecule has 2 nitrogen and oxygen atoms in total. The first-order valence-corrected chi connectivity index (χ1v) is 5.04. The maximum absolute atomic E-state index is 2.09. The summed E-state index contributed by atoms with van der Waals surface area (Å²) in [5.74, 6) is 0. The van der Waals surface area contributed by atoms with Gasteiger partial charge in [0.1, 0.15) is 24.8 Å². The van der Waals surface area contributed by atoms with Crippen LogP contribution in [-0.4, -0.2) is 7.55 Å². The Morgan fingerprint density at radius 1 is 0.867 bits per heavy atom. The fraction of sp³-hybridized carbons (Fsp3) is 0.167. The van der Waals surface area contributed by atoms with Crippen molar-refractivity contribution in [2.24, 2.45) is 0 Å². The SMILES string of the molecule is Cc1ccc[n+]([B-][n+]2cccc(C)c2)c1. The van der Waals surface area contributed by atoms with Crippen molar-refractivity contribution in [2.45, 2.75) is 13.8 Å². The second-order valence-electron chi connectivity index (χ2n) is 3.77. The number of rotatable bonds is 2. The maximum atomic E-state index is 2.09. The molecule has 2 radical (unpaired) electrons. The fourth-order valence-corrected chi connectivity index (χ4v) is 1.53. The van der Waals surface area contributed by atoms with Crippen LogP contribution < -0.4 is 8.96 Å². The molecule has 2 aromatic rings. The standard InChI is InChI=1S/C12H14BN2/c1-11-5-3-7-14(9-11)13-15-8-4-6-12(2)10-15/h3-10H,1-2H3/q+1. The first-order chi connectivity index (χ1) is 7.24. The molecule has 0 saturated heterocycles. The minimum absolute atomic E-state index is 1.25. The Kier molecular flexibility index (Phi) is 2.81. The minimum atomic E-state index is 1.25. The van der Waals surface area contributed by atoms with Gasteiger partial charge in [-0.2, -0.15) is 0 Å². The lowest BCUT2D eigenvalue weighted by Crippen LogP contribution is -2.58. The zero-order valence-corrected chi connectivity index (χ0v) is 9.09. The first kappa shape index (κ1) is 9.90. The average Bonchev–Trinajstić information content (AvgIpc) is 2.17. The van der Waals surface area contributed by atoms with E-state index in [1.807, 2.05) is 32.1 Å². The van der Waals surface area contributed by atoms with Crippen molar-refractivity contribution in [3.63, 3.8) is 0 Å². The molecule has 0 bridgehead atoms. The number of hydrogen-bond acceptors (Lipinski definition) is 0. The highest BCUT2D eigenvalue weighted by Gasteiger charge is 2.01. The van der Waals surface area contributed by atoms with Crippen LogP contribution in [0.15, 0.2) is 49.1 Å². The third kappa shape index (κ3) is 2.66. The summed E-state index contributed by atoms with van der Waals surface area (Å²) in [4.78, 5) is 0. The molecule has 2 aromatic heterocycles. The van der Waals surface area contributed by atoms with E-state index in [9.17, 15) is 0 Å². The predicted molar refractivity (Wildman–Crippen MR) is 59.3 cm³/mol. The molecule has 2 heterocycles. The van der Waals surface area contributed by atoms with Gasteiger partial charge in [-0.15, -0.1) is 0 Å². The first-order valence-electron chi connectivity index (χ1n) is 5.04. The molecule has 0 aliphatic rings. The van der Waals surface area contributed by atoms with Crippen LogP contribution in [-0.2, 0) is 0 Å². The Balaban J connectivity index is 2.22. The predicted octanol–water partition coefficient (Wildman–Crippen LogP) is 0.809. The molecule has 0 saturated carbocycles. The Labute approximate surface area is 91.1 Å². The van der Waals surface area contributed by atoms with Crippen molar-refractivity contribution >= 4 is 7.55 Å². The molecule has 74 valence electrons. The molecule has 0 unspecified atom stereocenters. The summed E-state index contributed by atoms with van der Waals surface area (Å²) in [5.41, 5.74) is 2.50. The Hall–Kier alpha value is -1.64. The monoisotopic (exact) mass is 197 g/mol. The van der Waals surface area contributed by atoms with Crippen molar-refractivity contribution in [3.05, 3.63) is 60.2 Å². The van der Waals surface area contributed by atoms with Crippen molar-refractivity contribution in [1.29, 1.82) is 0 Å². The van der Waals surface area contributed by atoms with E-state index in [1.165, 1.54) is 11.1 Å². The van der Waals surface area contributed by atoms with Crippen LogP contribution in [0, 0.1) is 13.8 Å². The summed E-state index contributed by atoms with van der Waals surface area (Å²) in [6.07, 6.45) is 8.25. The van der Waals surface area contributed by atoms with Gasteiger partial charge in [-0.25, -0.2) is 0 Å². The van der Waals surface area contributed by atoms with Gasteiger partial charge in [-0.05, 0) is 38.1 Å². The van der Waals surface area contributed by atoms with E-state index in [-0.39, 0.29) is 0 Å². The van der Waals surface area contributed by atoms with Gasteiger partial charge in [-0.1, -0.05) is 0 Å². The third-order valence-corrected chi connectivity index (χ3v) is 2.21. The molecule has 0 amide bonds. The maximum Gasteiger partial charge on any atom is 0.522 e. The largest absolute Gasteiger partial charge is 0.522 e. The topological polar surface area (TPSA) is 7.76 Å². The highest BCUT2D eigenvalue weighted by molar-refractivity contribution is 6.11. The van der Waals surface area contributed by atoms with Gasteiger partial charge in [0.05, 0.1) is 0 Å². The lowest BCUT2D eigenvalue weighted by atomic mass is 10.1. The van der Waals surface area contributed by atoms with E-state index in [0.717, 1.165) is 0 Å². The quantitative estimate of drug-likeness (QED) is 0.629. The van der Waals surface area contributed by atoms with E-state index in [1.54, 1.807) is 0 Å². The zero-order chi connectivity index (χ0) is 10.7. The van der Waals surface area contributed by atoms with Crippen LogP contribution in [0.4, 0.5) is 0 Å². The second kappa shape index (κ2) is 4.26. The van der Waals surface area contributed by atoms with Crippen LogP contribution in [0.25, 0.3) is 0 Å². The second-order valence-corrected chi connectivity index (χ2v) is 3.77. The molecule has 0 spiro atoms. The van der Waals surface area contributed by atoms with E-state index >= 15 is 0 Å². The van der Waals surface area contributed by atoms with Gasteiger partial charge in [0.2, 0.25) is 0 Å². The van der Waals surface area contributed by atoms with Crippen molar-refractivity contribution < 1.29 is 8.96 Å². The molecule has 3 heteroatoms. The number of hydrogen-bond donors (Lipinski definition) is 0. The van der Waals surface area contributed by atoms with Crippen LogP contribution in [0.5, 0.6) is 0 Å². The number of aryl methyl sites for hydroxylation is 2. The summed E-state index contributed by atoms with van der Waals surface area (Å²) in [5, 5.41) is 0. The van der Waals surface area contributed by atoms with E-state index in [4.69, 9.17) is 0 Å². The molecule has 0 aliphatic heterocycles. The van der Waals surface area contributed by atoms with Crippen molar-refractivity contribution in [2.75, 3.05) is 0 Å². The highest BCUT2D eigenvalue weighted by Crippen LogP contribution is 1.89. The summed E-state index contributed by atoms with van der Waals surface area (Å²) in [7, 11) is 2.04. The molecule has 0 atom stereocenters. The zero-order valence-electron chi connectivity index (χ0n) is 9.09. The molecule has 0 aliphatic carbocycles. The molecule has 15 heavy (non-hydrogen) atoms. The van der Waals surface area contributed by atoms with Gasteiger partial charge in [0, 0.05) is 11.1 Å². The van der Waals surface area contributed by atoms with Gasteiger partial charge >= 0.3 is 7.55 Å². The smallest absolute Gasteiger partial charge is 0.403 e. The van der Waals surface area contributed by atoms with E-state index < -0.39 is 0 Å². The van der Waals surface area contributed by atoms with Gasteiger partial charge in [-0.3, -0.25) is 0 Å². The average molecular weight is 197 g/mol. The summed E-state index contributed by atoms with van der Waals surface area (Å²) < 4.78 is 4.10. The molecular formula is C12H14BN2+. The third-order valence-electron chi connectivity index (χ3n) is 2.21. The molecular weight excluding hydrogens is 183 g/mol. The lowest BCUT2D eigenvalue weighted by molar-refractivity contribution is -0.660. The van der Waals surface area contributed by atoms with Crippen LogP contribution in [0.1, 0.15) is 11.1 Å². The summed E-state index contributed by atoms with van der Waals surface area (Å²) >= 11 is 0. The number of nitrogens with zero attached hydrogens (tertiary/aromatic N) is 2. The van der Waals surface area contributed by atoms with Crippen molar-refractivity contribution in [3.8, 4) is 0 Å². The van der Waals surface area contributed by atoms with Gasteiger partial charge in [0.25, 0.3) is 0 Å². The Morgan fingerprint density at radius 2 is 1.33 bits per heavy atom. The fourth-order valence-electron chi connectivity index (χ4n) is 1.53. The highest BCUT2D eigenvalue weighted by atomic mass is 15.0. The summed E-state index contributed by atoms with van der Waals surface area (Å²) in [6, 6.07) is 8.26. The Bertz CT molecular complexity index is 425. The van der Waals surface area contributed by atoms with Gasteiger partial charge in [0.15, 0.2) is 0 Å². The Morgan fingerprint density at radius 3 is 1.73 bits per heavy atom.